The lowest BCUT2D eigenvalue weighted by Crippen LogP contribution is -2.53. The van der Waals surface area contributed by atoms with E-state index in [-0.39, 0.29) is 17.0 Å². The molecule has 0 atom stereocenters. The number of hydrogen-bond acceptors (Lipinski definition) is 4. The van der Waals surface area contributed by atoms with E-state index in [2.05, 4.69) is 4.90 Å². The summed E-state index contributed by atoms with van der Waals surface area (Å²) in [4.78, 5) is 25.9. The van der Waals surface area contributed by atoms with Crippen molar-refractivity contribution >= 4 is 11.9 Å². The third-order valence-electron chi connectivity index (χ3n) is 5.85. The van der Waals surface area contributed by atoms with Crippen LogP contribution in [0.3, 0.4) is 0 Å². The van der Waals surface area contributed by atoms with Gasteiger partial charge < -0.3 is 14.7 Å². The number of carbonyl (C=O) groups excluding carboxylic acids is 1. The summed E-state index contributed by atoms with van der Waals surface area (Å²) < 4.78 is 50.8. The van der Waals surface area contributed by atoms with Crippen LogP contribution in [-0.4, -0.2) is 78.4 Å². The van der Waals surface area contributed by atoms with Gasteiger partial charge in [0.1, 0.15) is 5.82 Å². The molecule has 0 unspecified atom stereocenters. The second-order valence-corrected chi connectivity index (χ2v) is 7.74. The number of halogens is 4. The highest BCUT2D eigenvalue weighted by Gasteiger charge is 2.43. The quantitative estimate of drug-likeness (QED) is 0.551. The molecule has 2 aliphatic heterocycles. The minimum atomic E-state index is -5.08. The normalized spacial score (nSPS) is 18.5. The van der Waals surface area contributed by atoms with Crippen LogP contribution in [0.4, 0.5) is 17.6 Å². The molecule has 0 aliphatic carbocycles. The van der Waals surface area contributed by atoms with Crippen LogP contribution in [0.5, 0.6) is 0 Å². The molecule has 1 amide bonds. The Labute approximate surface area is 178 Å². The zero-order valence-corrected chi connectivity index (χ0v) is 17.5. The Kier molecular flexibility index (Phi) is 8.81. The molecular weight excluding hydrogens is 420 g/mol. The summed E-state index contributed by atoms with van der Waals surface area (Å²) in [6.07, 6.45) is 0.381. The fraction of sp³-hybridized carbons (Fsp3) is 0.619. The number of alkyl halides is 3. The van der Waals surface area contributed by atoms with Crippen molar-refractivity contribution in [1.29, 1.82) is 0 Å². The molecule has 0 saturated carbocycles. The van der Waals surface area contributed by atoms with Crippen LogP contribution in [0, 0.1) is 5.82 Å². The maximum atomic E-state index is 13.9. The molecule has 2 saturated heterocycles. The van der Waals surface area contributed by atoms with Crippen molar-refractivity contribution < 1.29 is 37.0 Å². The Hall–Kier alpha value is -2.20. The van der Waals surface area contributed by atoms with Gasteiger partial charge in [-0.1, -0.05) is 12.1 Å². The van der Waals surface area contributed by atoms with Gasteiger partial charge in [-0.15, -0.1) is 0 Å². The standard InChI is InChI=1S/C19H27FN2O2.C2HF3O2/c1-24-15-5-12-22-11-4-8-19(22)9-13-21(14-10-19)18(23)16-6-2-3-7-17(16)20;3-2(4,5)1(6)7/h2-3,6-7H,4-5,8-15H2,1H3;(H,6,7). The summed E-state index contributed by atoms with van der Waals surface area (Å²) in [5.74, 6) is -3.36. The van der Waals surface area contributed by atoms with E-state index in [0.29, 0.717) is 13.1 Å². The first-order valence-electron chi connectivity index (χ1n) is 10.2. The topological polar surface area (TPSA) is 70.1 Å². The lowest BCUT2D eigenvalue weighted by molar-refractivity contribution is -0.192. The Bertz CT molecular complexity index is 749. The minimum Gasteiger partial charge on any atom is -0.475 e. The van der Waals surface area contributed by atoms with Crippen LogP contribution < -0.4 is 0 Å². The lowest BCUT2D eigenvalue weighted by Gasteiger charge is -2.45. The van der Waals surface area contributed by atoms with Crippen LogP contribution >= 0.6 is 0 Å². The molecule has 174 valence electrons. The number of aliphatic carboxylic acids is 1. The third kappa shape index (κ3) is 6.64. The Morgan fingerprint density at radius 2 is 1.74 bits per heavy atom. The smallest absolute Gasteiger partial charge is 0.475 e. The number of amides is 1. The molecule has 3 rings (SSSR count). The summed E-state index contributed by atoms with van der Waals surface area (Å²) in [5.41, 5.74) is 0.427. The van der Waals surface area contributed by atoms with Crippen LogP contribution in [-0.2, 0) is 9.53 Å². The number of carboxylic acid groups (broad SMARTS) is 1. The monoisotopic (exact) mass is 448 g/mol. The second kappa shape index (κ2) is 10.9. The molecule has 2 heterocycles. The fourth-order valence-corrected chi connectivity index (χ4v) is 4.24. The molecule has 0 aromatic heterocycles. The number of likely N-dealkylation sites (tertiary alicyclic amines) is 2. The van der Waals surface area contributed by atoms with E-state index in [1.807, 2.05) is 4.90 Å². The third-order valence-corrected chi connectivity index (χ3v) is 5.85. The van der Waals surface area contributed by atoms with Gasteiger partial charge >= 0.3 is 12.1 Å². The second-order valence-electron chi connectivity index (χ2n) is 7.74. The summed E-state index contributed by atoms with van der Waals surface area (Å²) in [5, 5.41) is 7.12. The average Bonchev–Trinajstić information content (AvgIpc) is 3.10. The van der Waals surface area contributed by atoms with Gasteiger partial charge in [-0.3, -0.25) is 9.69 Å². The van der Waals surface area contributed by atoms with Gasteiger partial charge in [-0.2, -0.15) is 13.2 Å². The van der Waals surface area contributed by atoms with E-state index in [4.69, 9.17) is 14.6 Å². The van der Waals surface area contributed by atoms with Crippen molar-refractivity contribution in [3.63, 3.8) is 0 Å². The summed E-state index contributed by atoms with van der Waals surface area (Å²) in [7, 11) is 1.74. The lowest BCUT2D eigenvalue weighted by atomic mass is 9.84. The molecule has 0 radical (unpaired) electrons. The van der Waals surface area contributed by atoms with Crippen molar-refractivity contribution in [2.45, 2.75) is 43.8 Å². The zero-order chi connectivity index (χ0) is 23.1. The predicted molar refractivity (Wildman–Crippen MR) is 105 cm³/mol. The molecule has 1 N–H and O–H groups in total. The number of rotatable bonds is 5. The number of carboxylic acids is 1. The van der Waals surface area contributed by atoms with E-state index in [1.54, 1.807) is 25.3 Å². The first-order chi connectivity index (χ1) is 14.6. The maximum absolute atomic E-state index is 13.9. The van der Waals surface area contributed by atoms with Crippen molar-refractivity contribution in [3.8, 4) is 0 Å². The fourth-order valence-electron chi connectivity index (χ4n) is 4.24. The SMILES string of the molecule is COCCCN1CCCC12CCN(C(=O)c1ccccc1F)CC2.O=C(O)C(F)(F)F. The van der Waals surface area contributed by atoms with Gasteiger partial charge in [-0.25, -0.2) is 9.18 Å². The molecule has 2 fully saturated rings. The van der Waals surface area contributed by atoms with E-state index in [1.165, 1.54) is 18.9 Å². The summed E-state index contributed by atoms with van der Waals surface area (Å²) >= 11 is 0. The van der Waals surface area contributed by atoms with Gasteiger partial charge in [0, 0.05) is 38.9 Å². The van der Waals surface area contributed by atoms with Gasteiger partial charge in [0.25, 0.3) is 5.91 Å². The highest BCUT2D eigenvalue weighted by molar-refractivity contribution is 5.94. The van der Waals surface area contributed by atoms with Crippen LogP contribution in [0.2, 0.25) is 0 Å². The molecule has 10 heteroatoms. The number of hydrogen-bond donors (Lipinski definition) is 1. The van der Waals surface area contributed by atoms with Gasteiger partial charge in [0.15, 0.2) is 0 Å². The summed E-state index contributed by atoms with van der Waals surface area (Å²) in [6.45, 7) is 4.44. The van der Waals surface area contributed by atoms with Crippen LogP contribution in [0.1, 0.15) is 42.5 Å². The van der Waals surface area contributed by atoms with Crippen LogP contribution in [0.25, 0.3) is 0 Å². The molecule has 6 nitrogen and oxygen atoms in total. The average molecular weight is 448 g/mol. The van der Waals surface area contributed by atoms with Crippen molar-refractivity contribution in [1.82, 2.24) is 9.80 Å². The van der Waals surface area contributed by atoms with Gasteiger partial charge in [0.2, 0.25) is 0 Å². The number of carbonyl (C=O) groups is 2. The van der Waals surface area contributed by atoms with Crippen molar-refractivity contribution in [2.75, 3.05) is 39.9 Å². The van der Waals surface area contributed by atoms with Crippen LogP contribution in [0.15, 0.2) is 24.3 Å². The predicted octanol–water partition coefficient (Wildman–Crippen LogP) is 3.57. The Balaban J connectivity index is 0.000000423. The first kappa shape index (κ1) is 25.1. The van der Waals surface area contributed by atoms with Crippen molar-refractivity contribution in [2.24, 2.45) is 0 Å². The molecular formula is C21H28F4N2O4. The minimum absolute atomic E-state index is 0.174. The first-order valence-corrected chi connectivity index (χ1v) is 10.2. The highest BCUT2D eigenvalue weighted by atomic mass is 19.4. The van der Waals surface area contributed by atoms with E-state index in [0.717, 1.165) is 39.0 Å². The molecule has 31 heavy (non-hydrogen) atoms. The zero-order valence-electron chi connectivity index (χ0n) is 17.5. The number of benzene rings is 1. The van der Waals surface area contributed by atoms with Gasteiger partial charge in [0.05, 0.1) is 5.56 Å². The van der Waals surface area contributed by atoms with E-state index in [9.17, 15) is 22.4 Å². The number of methoxy groups -OCH3 is 1. The summed E-state index contributed by atoms with van der Waals surface area (Å²) in [6, 6.07) is 6.27. The highest BCUT2D eigenvalue weighted by Crippen LogP contribution is 2.38. The number of nitrogens with zero attached hydrogens (tertiary/aromatic N) is 2. The van der Waals surface area contributed by atoms with E-state index < -0.39 is 18.0 Å². The molecule has 0 bridgehead atoms. The molecule has 1 spiro atoms. The van der Waals surface area contributed by atoms with Gasteiger partial charge in [-0.05, 0) is 50.8 Å². The molecule has 1 aromatic rings. The maximum Gasteiger partial charge on any atom is 0.490 e. The number of piperidine rings is 1. The van der Waals surface area contributed by atoms with Crippen molar-refractivity contribution in [3.05, 3.63) is 35.6 Å². The number of ether oxygens (including phenoxy) is 1. The van der Waals surface area contributed by atoms with E-state index >= 15 is 0 Å². The Morgan fingerprint density at radius 1 is 1.13 bits per heavy atom. The Morgan fingerprint density at radius 3 is 2.29 bits per heavy atom. The largest absolute Gasteiger partial charge is 0.490 e. The molecule has 2 aliphatic rings. The molecule has 1 aromatic carbocycles.